The van der Waals surface area contributed by atoms with Crippen LogP contribution in [0.1, 0.15) is 45.4 Å². The van der Waals surface area contributed by atoms with Gasteiger partial charge >= 0.3 is 0 Å². The number of nitrogens with one attached hydrogen (secondary N) is 2. The standard InChI is InChI=1S/C12H24N2/c1-2-5-12(6-8-13-9-7-12)10-14-11-3-4-11/h11,13-14H,2-10H2,1H3. The van der Waals surface area contributed by atoms with E-state index in [9.17, 15) is 0 Å². The van der Waals surface area contributed by atoms with Crippen LogP contribution in [-0.4, -0.2) is 25.7 Å². The van der Waals surface area contributed by atoms with E-state index in [1.54, 1.807) is 0 Å². The second-order valence-corrected chi connectivity index (χ2v) is 5.16. The Morgan fingerprint density at radius 3 is 2.57 bits per heavy atom. The van der Waals surface area contributed by atoms with Gasteiger partial charge in [0.1, 0.15) is 0 Å². The van der Waals surface area contributed by atoms with E-state index < -0.39 is 0 Å². The fraction of sp³-hybridized carbons (Fsp3) is 1.00. The van der Waals surface area contributed by atoms with Crippen LogP contribution in [0.2, 0.25) is 0 Å². The molecule has 0 aromatic rings. The van der Waals surface area contributed by atoms with E-state index in [1.165, 1.54) is 58.2 Å². The molecule has 0 radical (unpaired) electrons. The van der Waals surface area contributed by atoms with Crippen LogP contribution in [0, 0.1) is 5.41 Å². The summed E-state index contributed by atoms with van der Waals surface area (Å²) in [5.74, 6) is 0. The van der Waals surface area contributed by atoms with E-state index in [2.05, 4.69) is 17.6 Å². The van der Waals surface area contributed by atoms with E-state index in [4.69, 9.17) is 0 Å². The van der Waals surface area contributed by atoms with Crippen molar-refractivity contribution in [3.05, 3.63) is 0 Å². The number of rotatable bonds is 5. The van der Waals surface area contributed by atoms with Crippen molar-refractivity contribution in [2.24, 2.45) is 5.41 Å². The van der Waals surface area contributed by atoms with Crippen molar-refractivity contribution in [1.82, 2.24) is 10.6 Å². The second-order valence-electron chi connectivity index (χ2n) is 5.16. The summed E-state index contributed by atoms with van der Waals surface area (Å²) in [7, 11) is 0. The van der Waals surface area contributed by atoms with Crippen LogP contribution in [0.5, 0.6) is 0 Å². The maximum atomic E-state index is 3.72. The van der Waals surface area contributed by atoms with Crippen molar-refractivity contribution in [1.29, 1.82) is 0 Å². The SMILES string of the molecule is CCCC1(CNC2CC2)CCNCC1. The van der Waals surface area contributed by atoms with Crippen LogP contribution in [-0.2, 0) is 0 Å². The zero-order valence-corrected chi connectivity index (χ0v) is 9.44. The largest absolute Gasteiger partial charge is 0.317 e. The van der Waals surface area contributed by atoms with Crippen LogP contribution in [0.15, 0.2) is 0 Å². The molecule has 1 aliphatic carbocycles. The first kappa shape index (κ1) is 10.4. The molecule has 2 N–H and O–H groups in total. The van der Waals surface area contributed by atoms with Crippen molar-refractivity contribution in [2.45, 2.75) is 51.5 Å². The summed E-state index contributed by atoms with van der Waals surface area (Å²) in [4.78, 5) is 0. The van der Waals surface area contributed by atoms with Gasteiger partial charge in [0, 0.05) is 12.6 Å². The van der Waals surface area contributed by atoms with Gasteiger partial charge in [-0.2, -0.15) is 0 Å². The lowest BCUT2D eigenvalue weighted by atomic mass is 9.75. The molecule has 0 aromatic carbocycles. The lowest BCUT2D eigenvalue weighted by Gasteiger charge is -2.38. The lowest BCUT2D eigenvalue weighted by molar-refractivity contribution is 0.175. The van der Waals surface area contributed by atoms with Gasteiger partial charge in [0.15, 0.2) is 0 Å². The highest BCUT2D eigenvalue weighted by Gasteiger charge is 2.32. The fourth-order valence-corrected chi connectivity index (χ4v) is 2.65. The molecule has 2 nitrogen and oxygen atoms in total. The van der Waals surface area contributed by atoms with Gasteiger partial charge in [-0.05, 0) is 50.6 Å². The highest BCUT2D eigenvalue weighted by Crippen LogP contribution is 2.34. The highest BCUT2D eigenvalue weighted by atomic mass is 15.0. The first-order valence-corrected chi connectivity index (χ1v) is 6.29. The van der Waals surface area contributed by atoms with Gasteiger partial charge in [-0.15, -0.1) is 0 Å². The molecule has 2 aliphatic rings. The van der Waals surface area contributed by atoms with Crippen molar-refractivity contribution < 1.29 is 0 Å². The Balaban J connectivity index is 1.82. The van der Waals surface area contributed by atoms with Gasteiger partial charge in [0.2, 0.25) is 0 Å². The molecule has 14 heavy (non-hydrogen) atoms. The van der Waals surface area contributed by atoms with Gasteiger partial charge in [-0.3, -0.25) is 0 Å². The molecule has 0 spiro atoms. The Kier molecular flexibility index (Phi) is 3.45. The minimum absolute atomic E-state index is 0.628. The molecule has 0 bridgehead atoms. The molecule has 1 saturated carbocycles. The van der Waals surface area contributed by atoms with Gasteiger partial charge in [0.05, 0.1) is 0 Å². The molecular formula is C12H24N2. The van der Waals surface area contributed by atoms with E-state index in [0.717, 1.165) is 6.04 Å². The van der Waals surface area contributed by atoms with Gasteiger partial charge < -0.3 is 10.6 Å². The second kappa shape index (κ2) is 4.63. The summed E-state index contributed by atoms with van der Waals surface area (Å²) in [6.45, 7) is 6.05. The summed E-state index contributed by atoms with van der Waals surface area (Å²) in [5.41, 5.74) is 0.628. The Labute approximate surface area is 87.8 Å². The third kappa shape index (κ3) is 2.71. The maximum absolute atomic E-state index is 3.72. The Bertz CT molecular complexity index is 164. The normalized spacial score (nSPS) is 26.4. The molecule has 82 valence electrons. The molecule has 2 heteroatoms. The van der Waals surface area contributed by atoms with Crippen molar-refractivity contribution in [3.8, 4) is 0 Å². The summed E-state index contributed by atoms with van der Waals surface area (Å²) in [6.07, 6.45) is 8.34. The molecule has 0 atom stereocenters. The number of hydrogen-bond acceptors (Lipinski definition) is 2. The van der Waals surface area contributed by atoms with Gasteiger partial charge in [-0.25, -0.2) is 0 Å². The summed E-state index contributed by atoms with van der Waals surface area (Å²) in [6, 6.07) is 0.874. The first-order valence-electron chi connectivity index (χ1n) is 6.29. The molecule has 2 rings (SSSR count). The number of piperidine rings is 1. The molecule has 1 saturated heterocycles. The Hall–Kier alpha value is -0.0800. The van der Waals surface area contributed by atoms with Gasteiger partial charge in [0.25, 0.3) is 0 Å². The fourth-order valence-electron chi connectivity index (χ4n) is 2.65. The van der Waals surface area contributed by atoms with Crippen molar-refractivity contribution >= 4 is 0 Å². The van der Waals surface area contributed by atoms with Crippen LogP contribution in [0.25, 0.3) is 0 Å². The molecule has 2 fully saturated rings. The summed E-state index contributed by atoms with van der Waals surface area (Å²) < 4.78 is 0. The number of hydrogen-bond donors (Lipinski definition) is 2. The summed E-state index contributed by atoms with van der Waals surface area (Å²) >= 11 is 0. The molecule has 0 unspecified atom stereocenters. The quantitative estimate of drug-likeness (QED) is 0.702. The van der Waals surface area contributed by atoms with Crippen LogP contribution in [0.3, 0.4) is 0 Å². The minimum Gasteiger partial charge on any atom is -0.317 e. The van der Waals surface area contributed by atoms with Crippen molar-refractivity contribution in [3.63, 3.8) is 0 Å². The predicted octanol–water partition coefficient (Wildman–Crippen LogP) is 1.91. The minimum atomic E-state index is 0.628. The third-order valence-corrected chi connectivity index (χ3v) is 3.79. The molecule has 1 heterocycles. The summed E-state index contributed by atoms with van der Waals surface area (Å²) in [5, 5.41) is 7.20. The van der Waals surface area contributed by atoms with E-state index >= 15 is 0 Å². The third-order valence-electron chi connectivity index (χ3n) is 3.79. The molecule has 1 aliphatic heterocycles. The van der Waals surface area contributed by atoms with Crippen molar-refractivity contribution in [2.75, 3.05) is 19.6 Å². The van der Waals surface area contributed by atoms with Crippen LogP contribution < -0.4 is 10.6 Å². The predicted molar refractivity (Wildman–Crippen MR) is 60.5 cm³/mol. The Morgan fingerprint density at radius 2 is 2.00 bits per heavy atom. The zero-order chi connectivity index (χ0) is 9.86. The average Bonchev–Trinajstić information content (AvgIpc) is 3.00. The van der Waals surface area contributed by atoms with Gasteiger partial charge in [-0.1, -0.05) is 13.3 Å². The first-order chi connectivity index (χ1) is 6.85. The molecule has 0 amide bonds. The van der Waals surface area contributed by atoms with E-state index in [-0.39, 0.29) is 0 Å². The average molecular weight is 196 g/mol. The lowest BCUT2D eigenvalue weighted by Crippen LogP contribution is -2.43. The monoisotopic (exact) mass is 196 g/mol. The Morgan fingerprint density at radius 1 is 1.29 bits per heavy atom. The topological polar surface area (TPSA) is 24.1 Å². The zero-order valence-electron chi connectivity index (χ0n) is 9.44. The van der Waals surface area contributed by atoms with E-state index in [1.807, 2.05) is 0 Å². The van der Waals surface area contributed by atoms with Crippen LogP contribution in [0.4, 0.5) is 0 Å². The molecular weight excluding hydrogens is 172 g/mol. The smallest absolute Gasteiger partial charge is 0.00684 e. The van der Waals surface area contributed by atoms with E-state index in [0.29, 0.717) is 5.41 Å². The maximum Gasteiger partial charge on any atom is 0.00684 e. The highest BCUT2D eigenvalue weighted by molar-refractivity contribution is 4.90. The van der Waals surface area contributed by atoms with Crippen LogP contribution >= 0.6 is 0 Å². The molecule has 0 aromatic heterocycles.